The molecular formula is C20H25NO4. The summed E-state index contributed by atoms with van der Waals surface area (Å²) in [5.74, 6) is -0.856. The molecule has 5 nitrogen and oxygen atoms in total. The Bertz CT molecular complexity index is 699. The average Bonchev–Trinajstić information content (AvgIpc) is 3.04. The van der Waals surface area contributed by atoms with Gasteiger partial charge in [0.05, 0.1) is 12.0 Å². The topological polar surface area (TPSA) is 72.5 Å². The summed E-state index contributed by atoms with van der Waals surface area (Å²) in [5.41, 5.74) is 1.03. The fourth-order valence-electron chi connectivity index (χ4n) is 5.03. The molecule has 4 atom stereocenters. The molecule has 1 heterocycles. The van der Waals surface area contributed by atoms with Crippen LogP contribution in [-0.4, -0.2) is 24.8 Å². The minimum atomic E-state index is -0.743. The Balaban J connectivity index is 2.05. The number of para-hydroxylation sites is 1. The van der Waals surface area contributed by atoms with Crippen LogP contribution in [0.5, 0.6) is 0 Å². The Morgan fingerprint density at radius 3 is 2.76 bits per heavy atom. The predicted molar refractivity (Wildman–Crippen MR) is 94.0 cm³/mol. The SMILES string of the molecule is CCOC(=O)C[C@@H]1C[C@]2(C(=O)Nc3ccccc32)[C@H](C(C)C)[C@H]1C=O. The van der Waals surface area contributed by atoms with Crippen LogP contribution < -0.4 is 5.32 Å². The number of fused-ring (bicyclic) bond motifs is 2. The number of carbonyl (C=O) groups excluding carboxylic acids is 3. The van der Waals surface area contributed by atoms with E-state index in [1.54, 1.807) is 6.92 Å². The Hall–Kier alpha value is -2.17. The number of aldehydes is 1. The lowest BCUT2D eigenvalue weighted by Gasteiger charge is -2.34. The molecule has 0 radical (unpaired) electrons. The van der Waals surface area contributed by atoms with Crippen molar-refractivity contribution in [2.45, 2.75) is 39.0 Å². The summed E-state index contributed by atoms with van der Waals surface area (Å²) in [6.07, 6.45) is 1.62. The monoisotopic (exact) mass is 343 g/mol. The van der Waals surface area contributed by atoms with Crippen LogP contribution >= 0.6 is 0 Å². The highest BCUT2D eigenvalue weighted by molar-refractivity contribution is 6.07. The molecule has 1 saturated carbocycles. The van der Waals surface area contributed by atoms with E-state index in [0.717, 1.165) is 17.5 Å². The van der Waals surface area contributed by atoms with Crippen molar-refractivity contribution in [1.82, 2.24) is 0 Å². The molecule has 1 aliphatic heterocycles. The van der Waals surface area contributed by atoms with Crippen LogP contribution in [0.3, 0.4) is 0 Å². The highest BCUT2D eigenvalue weighted by Gasteiger charge is 2.62. The lowest BCUT2D eigenvalue weighted by molar-refractivity contribution is -0.144. The van der Waals surface area contributed by atoms with Crippen LogP contribution in [0.25, 0.3) is 0 Å². The van der Waals surface area contributed by atoms with Gasteiger partial charge in [0, 0.05) is 18.0 Å². The normalized spacial score (nSPS) is 30.4. The molecule has 2 aliphatic rings. The fraction of sp³-hybridized carbons (Fsp3) is 0.550. The summed E-state index contributed by atoms with van der Waals surface area (Å²) in [5, 5.41) is 2.99. The van der Waals surface area contributed by atoms with Gasteiger partial charge in [0.2, 0.25) is 5.91 Å². The molecule has 1 aromatic rings. The summed E-state index contributed by atoms with van der Waals surface area (Å²) in [7, 11) is 0. The number of esters is 1. The largest absolute Gasteiger partial charge is 0.466 e. The van der Waals surface area contributed by atoms with Crippen molar-refractivity contribution in [3.63, 3.8) is 0 Å². The number of hydrogen-bond acceptors (Lipinski definition) is 4. The lowest BCUT2D eigenvalue weighted by atomic mass is 9.67. The van der Waals surface area contributed by atoms with Gasteiger partial charge in [-0.15, -0.1) is 0 Å². The van der Waals surface area contributed by atoms with Gasteiger partial charge in [0.15, 0.2) is 0 Å². The highest BCUT2D eigenvalue weighted by Crippen LogP contribution is 2.59. The number of hydrogen-bond donors (Lipinski definition) is 1. The average molecular weight is 343 g/mol. The molecule has 0 aromatic heterocycles. The molecule has 1 amide bonds. The third kappa shape index (κ3) is 2.66. The summed E-state index contributed by atoms with van der Waals surface area (Å²) < 4.78 is 5.08. The Labute approximate surface area is 148 Å². The summed E-state index contributed by atoms with van der Waals surface area (Å²) in [6, 6.07) is 7.68. The van der Waals surface area contributed by atoms with Gasteiger partial charge in [-0.1, -0.05) is 32.0 Å². The van der Waals surface area contributed by atoms with E-state index in [2.05, 4.69) is 5.32 Å². The maximum atomic E-state index is 13.0. The van der Waals surface area contributed by atoms with E-state index < -0.39 is 5.41 Å². The van der Waals surface area contributed by atoms with E-state index in [4.69, 9.17) is 4.74 Å². The second-order valence-corrected chi connectivity index (χ2v) is 7.43. The molecule has 0 unspecified atom stereocenters. The zero-order valence-corrected chi connectivity index (χ0v) is 15.0. The molecule has 25 heavy (non-hydrogen) atoms. The van der Waals surface area contributed by atoms with Crippen molar-refractivity contribution >= 4 is 23.9 Å². The maximum Gasteiger partial charge on any atom is 0.306 e. The zero-order valence-electron chi connectivity index (χ0n) is 15.0. The van der Waals surface area contributed by atoms with E-state index in [9.17, 15) is 14.4 Å². The van der Waals surface area contributed by atoms with Crippen molar-refractivity contribution in [1.29, 1.82) is 0 Å². The van der Waals surface area contributed by atoms with Crippen LogP contribution in [-0.2, 0) is 24.5 Å². The first kappa shape index (κ1) is 17.6. The van der Waals surface area contributed by atoms with E-state index in [1.807, 2.05) is 38.1 Å². The predicted octanol–water partition coefficient (Wildman–Crippen LogP) is 2.94. The smallest absolute Gasteiger partial charge is 0.306 e. The maximum absolute atomic E-state index is 13.0. The van der Waals surface area contributed by atoms with Crippen molar-refractivity contribution < 1.29 is 19.1 Å². The quantitative estimate of drug-likeness (QED) is 0.659. The second-order valence-electron chi connectivity index (χ2n) is 7.43. The van der Waals surface area contributed by atoms with Crippen LogP contribution in [0.1, 0.15) is 39.2 Å². The molecule has 1 spiro atoms. The van der Waals surface area contributed by atoms with Crippen molar-refractivity contribution in [3.05, 3.63) is 29.8 Å². The van der Waals surface area contributed by atoms with E-state index >= 15 is 0 Å². The number of anilines is 1. The molecule has 1 aliphatic carbocycles. The van der Waals surface area contributed by atoms with Gasteiger partial charge in [-0.2, -0.15) is 0 Å². The number of amides is 1. The van der Waals surface area contributed by atoms with Crippen LogP contribution in [0.2, 0.25) is 0 Å². The van der Waals surface area contributed by atoms with Gasteiger partial charge in [-0.3, -0.25) is 9.59 Å². The van der Waals surface area contributed by atoms with Crippen molar-refractivity contribution in [2.24, 2.45) is 23.7 Å². The van der Waals surface area contributed by atoms with Gasteiger partial charge in [-0.05, 0) is 42.7 Å². The van der Waals surface area contributed by atoms with E-state index in [1.165, 1.54) is 0 Å². The third-order valence-electron chi connectivity index (χ3n) is 5.78. The minimum Gasteiger partial charge on any atom is -0.466 e. The fourth-order valence-corrected chi connectivity index (χ4v) is 5.03. The third-order valence-corrected chi connectivity index (χ3v) is 5.78. The molecule has 0 saturated heterocycles. The van der Waals surface area contributed by atoms with Crippen molar-refractivity contribution in [2.75, 3.05) is 11.9 Å². The first-order valence-electron chi connectivity index (χ1n) is 8.97. The van der Waals surface area contributed by atoms with Gasteiger partial charge in [-0.25, -0.2) is 0 Å². The Morgan fingerprint density at radius 2 is 2.12 bits per heavy atom. The van der Waals surface area contributed by atoms with E-state index in [-0.39, 0.29) is 42.0 Å². The number of benzene rings is 1. The Morgan fingerprint density at radius 1 is 1.40 bits per heavy atom. The number of carbonyl (C=O) groups is 3. The molecule has 134 valence electrons. The second kappa shape index (κ2) is 6.62. The first-order chi connectivity index (χ1) is 12.0. The van der Waals surface area contributed by atoms with Crippen LogP contribution in [0, 0.1) is 23.7 Å². The van der Waals surface area contributed by atoms with E-state index in [0.29, 0.717) is 13.0 Å². The number of rotatable bonds is 5. The van der Waals surface area contributed by atoms with Gasteiger partial charge >= 0.3 is 5.97 Å². The molecule has 5 heteroatoms. The summed E-state index contributed by atoms with van der Waals surface area (Å²) >= 11 is 0. The Kier molecular flexibility index (Phi) is 4.67. The van der Waals surface area contributed by atoms with Crippen molar-refractivity contribution in [3.8, 4) is 0 Å². The molecule has 1 fully saturated rings. The number of nitrogens with one attached hydrogen (secondary N) is 1. The first-order valence-corrected chi connectivity index (χ1v) is 8.97. The standard InChI is InChI=1S/C20H25NO4/c1-4-25-17(23)9-13-10-20(18(12(2)3)14(13)11-22)15-7-5-6-8-16(15)21-19(20)24/h5-8,11-14,18H,4,9-10H2,1-3H3,(H,21,24)/t13-,14+,18-,20-/m1/s1. The molecular weight excluding hydrogens is 318 g/mol. The van der Waals surface area contributed by atoms with Crippen LogP contribution in [0.4, 0.5) is 5.69 Å². The molecule has 1 aromatic carbocycles. The van der Waals surface area contributed by atoms with Crippen LogP contribution in [0.15, 0.2) is 24.3 Å². The molecule has 0 bridgehead atoms. The highest BCUT2D eigenvalue weighted by atomic mass is 16.5. The zero-order chi connectivity index (χ0) is 18.2. The minimum absolute atomic E-state index is 0.0504. The van der Waals surface area contributed by atoms with Gasteiger partial charge in [0.25, 0.3) is 0 Å². The lowest BCUT2D eigenvalue weighted by Crippen LogP contribution is -2.42. The van der Waals surface area contributed by atoms with Gasteiger partial charge < -0.3 is 14.8 Å². The summed E-state index contributed by atoms with van der Waals surface area (Å²) in [6.45, 7) is 6.18. The molecule has 3 rings (SSSR count). The molecule has 1 N–H and O–H groups in total. The van der Waals surface area contributed by atoms with Gasteiger partial charge in [0.1, 0.15) is 6.29 Å². The number of ether oxygens (including phenoxy) is 1. The summed E-state index contributed by atoms with van der Waals surface area (Å²) in [4.78, 5) is 37.0.